The van der Waals surface area contributed by atoms with Crippen molar-refractivity contribution in [3.8, 4) is 0 Å². The van der Waals surface area contributed by atoms with Gasteiger partial charge in [-0.1, -0.05) is 6.07 Å². The van der Waals surface area contributed by atoms with Crippen molar-refractivity contribution in [3.05, 3.63) is 35.1 Å². The van der Waals surface area contributed by atoms with Crippen molar-refractivity contribution in [2.24, 2.45) is 5.73 Å². The van der Waals surface area contributed by atoms with Gasteiger partial charge in [-0.3, -0.25) is 0 Å². The molecule has 0 fully saturated rings. The number of aryl methyl sites for hydroxylation is 1. The maximum Gasteiger partial charge on any atom is 0.123 e. The summed E-state index contributed by atoms with van der Waals surface area (Å²) in [4.78, 5) is 0. The molecule has 2 nitrogen and oxygen atoms in total. The van der Waals surface area contributed by atoms with E-state index >= 15 is 0 Å². The zero-order valence-electron chi connectivity index (χ0n) is 6.92. The minimum atomic E-state index is -0.485. The van der Waals surface area contributed by atoms with E-state index in [4.69, 9.17) is 10.8 Å². The Kier molecular flexibility index (Phi) is 2.78. The molecule has 0 aliphatic carbocycles. The summed E-state index contributed by atoms with van der Waals surface area (Å²) in [7, 11) is 0. The zero-order valence-corrected chi connectivity index (χ0v) is 6.92. The largest absolute Gasteiger partial charge is 0.394 e. The Bertz CT molecular complexity index is 275. The second-order valence-corrected chi connectivity index (χ2v) is 2.79. The molecule has 0 radical (unpaired) electrons. The Labute approximate surface area is 70.8 Å². The number of aliphatic hydroxyl groups is 1. The van der Waals surface area contributed by atoms with Crippen molar-refractivity contribution in [1.82, 2.24) is 0 Å². The lowest BCUT2D eigenvalue weighted by atomic mass is 10.0. The molecule has 1 aromatic carbocycles. The molecule has 66 valence electrons. The first-order valence-electron chi connectivity index (χ1n) is 3.77. The molecule has 0 saturated carbocycles. The Morgan fingerprint density at radius 2 is 2.25 bits per heavy atom. The van der Waals surface area contributed by atoms with Gasteiger partial charge in [0.15, 0.2) is 0 Å². The molecule has 1 atom stereocenters. The van der Waals surface area contributed by atoms with Gasteiger partial charge < -0.3 is 10.8 Å². The van der Waals surface area contributed by atoms with Gasteiger partial charge in [-0.15, -0.1) is 0 Å². The van der Waals surface area contributed by atoms with E-state index in [-0.39, 0.29) is 12.4 Å². The van der Waals surface area contributed by atoms with E-state index in [1.54, 1.807) is 6.07 Å². The zero-order chi connectivity index (χ0) is 9.14. The lowest BCUT2D eigenvalue weighted by molar-refractivity contribution is 0.267. The molecule has 0 bridgehead atoms. The van der Waals surface area contributed by atoms with Crippen molar-refractivity contribution in [2.75, 3.05) is 6.61 Å². The quantitative estimate of drug-likeness (QED) is 0.697. The summed E-state index contributed by atoms with van der Waals surface area (Å²) >= 11 is 0. The van der Waals surface area contributed by atoms with Gasteiger partial charge in [-0.05, 0) is 30.2 Å². The summed E-state index contributed by atoms with van der Waals surface area (Å²) in [6, 6.07) is 3.90. The van der Waals surface area contributed by atoms with Crippen LogP contribution < -0.4 is 5.73 Å². The summed E-state index contributed by atoms with van der Waals surface area (Å²) < 4.78 is 12.7. The third-order valence-corrected chi connectivity index (χ3v) is 1.84. The van der Waals surface area contributed by atoms with Crippen LogP contribution in [0.3, 0.4) is 0 Å². The maximum absolute atomic E-state index is 12.7. The summed E-state index contributed by atoms with van der Waals surface area (Å²) in [6.45, 7) is 1.68. The maximum atomic E-state index is 12.7. The number of benzene rings is 1. The molecule has 0 amide bonds. The second-order valence-electron chi connectivity index (χ2n) is 2.79. The standard InChI is InChI=1S/C9H12FNO/c1-6-2-3-7(10)4-8(6)9(11)5-12/h2-4,9,12H,5,11H2,1H3. The average molecular weight is 169 g/mol. The van der Waals surface area contributed by atoms with E-state index in [0.717, 1.165) is 5.56 Å². The Balaban J connectivity index is 3.04. The smallest absolute Gasteiger partial charge is 0.123 e. The molecule has 0 saturated heterocycles. The van der Waals surface area contributed by atoms with Gasteiger partial charge in [-0.2, -0.15) is 0 Å². The predicted molar refractivity (Wildman–Crippen MR) is 45.2 cm³/mol. The van der Waals surface area contributed by atoms with E-state index in [0.29, 0.717) is 5.56 Å². The van der Waals surface area contributed by atoms with E-state index in [1.165, 1.54) is 12.1 Å². The molecule has 0 heterocycles. The number of hydrogen-bond acceptors (Lipinski definition) is 2. The molecule has 3 N–H and O–H groups in total. The van der Waals surface area contributed by atoms with Crippen molar-refractivity contribution in [2.45, 2.75) is 13.0 Å². The molecule has 0 aliphatic rings. The van der Waals surface area contributed by atoms with Gasteiger partial charge in [0.2, 0.25) is 0 Å². The molecule has 0 aliphatic heterocycles. The SMILES string of the molecule is Cc1ccc(F)cc1C(N)CO. The van der Waals surface area contributed by atoms with Gasteiger partial charge in [-0.25, -0.2) is 4.39 Å². The van der Waals surface area contributed by atoms with E-state index in [1.807, 2.05) is 6.92 Å². The van der Waals surface area contributed by atoms with Gasteiger partial charge in [0, 0.05) is 0 Å². The van der Waals surface area contributed by atoms with Crippen LogP contribution in [-0.2, 0) is 0 Å². The Morgan fingerprint density at radius 1 is 1.58 bits per heavy atom. The summed E-state index contributed by atoms with van der Waals surface area (Å²) in [6.07, 6.45) is 0. The number of nitrogens with two attached hydrogens (primary N) is 1. The number of rotatable bonds is 2. The van der Waals surface area contributed by atoms with Crippen LogP contribution in [0.15, 0.2) is 18.2 Å². The molecule has 1 aromatic rings. The van der Waals surface area contributed by atoms with Crippen LogP contribution >= 0.6 is 0 Å². The molecule has 0 spiro atoms. The van der Waals surface area contributed by atoms with Crippen LogP contribution in [0.25, 0.3) is 0 Å². The number of halogens is 1. The van der Waals surface area contributed by atoms with Crippen LogP contribution in [0.5, 0.6) is 0 Å². The lowest BCUT2D eigenvalue weighted by Gasteiger charge is -2.11. The highest BCUT2D eigenvalue weighted by Crippen LogP contribution is 2.16. The topological polar surface area (TPSA) is 46.2 Å². The fraction of sp³-hybridized carbons (Fsp3) is 0.333. The highest BCUT2D eigenvalue weighted by Gasteiger charge is 2.07. The molecule has 12 heavy (non-hydrogen) atoms. The third kappa shape index (κ3) is 1.81. The fourth-order valence-corrected chi connectivity index (χ4v) is 1.11. The van der Waals surface area contributed by atoms with Crippen molar-refractivity contribution in [1.29, 1.82) is 0 Å². The van der Waals surface area contributed by atoms with Gasteiger partial charge in [0.1, 0.15) is 5.82 Å². The van der Waals surface area contributed by atoms with Crippen molar-refractivity contribution >= 4 is 0 Å². The summed E-state index contributed by atoms with van der Waals surface area (Å²) in [5.41, 5.74) is 7.11. The van der Waals surface area contributed by atoms with Crippen LogP contribution in [0.2, 0.25) is 0 Å². The van der Waals surface area contributed by atoms with Gasteiger partial charge >= 0.3 is 0 Å². The van der Waals surface area contributed by atoms with Crippen LogP contribution in [0.1, 0.15) is 17.2 Å². The van der Waals surface area contributed by atoms with Crippen LogP contribution in [-0.4, -0.2) is 11.7 Å². The lowest BCUT2D eigenvalue weighted by Crippen LogP contribution is -2.15. The van der Waals surface area contributed by atoms with E-state index in [9.17, 15) is 4.39 Å². The monoisotopic (exact) mass is 169 g/mol. The first kappa shape index (κ1) is 9.16. The predicted octanol–water partition coefficient (Wildman–Crippen LogP) is 1.13. The average Bonchev–Trinajstić information content (AvgIpc) is 2.08. The van der Waals surface area contributed by atoms with Crippen molar-refractivity contribution < 1.29 is 9.50 Å². The van der Waals surface area contributed by atoms with Gasteiger partial charge in [0.25, 0.3) is 0 Å². The Morgan fingerprint density at radius 3 is 2.83 bits per heavy atom. The second kappa shape index (κ2) is 3.65. The minimum Gasteiger partial charge on any atom is -0.394 e. The minimum absolute atomic E-state index is 0.162. The first-order chi connectivity index (χ1) is 5.65. The highest BCUT2D eigenvalue weighted by atomic mass is 19.1. The van der Waals surface area contributed by atoms with Crippen molar-refractivity contribution in [3.63, 3.8) is 0 Å². The highest BCUT2D eigenvalue weighted by molar-refractivity contribution is 5.29. The molecule has 3 heteroatoms. The summed E-state index contributed by atoms with van der Waals surface area (Å²) in [5, 5.41) is 8.76. The number of hydrogen-bond donors (Lipinski definition) is 2. The summed E-state index contributed by atoms with van der Waals surface area (Å²) in [5.74, 6) is -0.320. The number of aliphatic hydroxyl groups excluding tert-OH is 1. The molecule has 1 rings (SSSR count). The Hall–Kier alpha value is -0.930. The van der Waals surface area contributed by atoms with Gasteiger partial charge in [0.05, 0.1) is 12.6 Å². The third-order valence-electron chi connectivity index (χ3n) is 1.84. The fourth-order valence-electron chi connectivity index (χ4n) is 1.11. The van der Waals surface area contributed by atoms with E-state index in [2.05, 4.69) is 0 Å². The normalized spacial score (nSPS) is 13.0. The van der Waals surface area contributed by atoms with E-state index < -0.39 is 6.04 Å². The first-order valence-corrected chi connectivity index (χ1v) is 3.77. The molecular formula is C9H12FNO. The molecule has 0 aromatic heterocycles. The molecule has 1 unspecified atom stereocenters. The van der Waals surface area contributed by atoms with Crippen LogP contribution in [0.4, 0.5) is 4.39 Å². The van der Waals surface area contributed by atoms with Crippen LogP contribution in [0, 0.1) is 12.7 Å². The molecular weight excluding hydrogens is 157 g/mol.